The molecule has 1 amide bonds. The van der Waals surface area contributed by atoms with Crippen LogP contribution in [-0.2, 0) is 29.0 Å². The Morgan fingerprint density at radius 1 is 1.17 bits per heavy atom. The lowest BCUT2D eigenvalue weighted by Crippen LogP contribution is -2.44. The third-order valence-corrected chi connectivity index (χ3v) is 6.02. The maximum atomic E-state index is 13.0. The molecule has 4 rings (SSSR count). The minimum Gasteiger partial charge on any atom is -0.379 e. The molecule has 0 aromatic carbocycles. The van der Waals surface area contributed by atoms with E-state index >= 15 is 0 Å². The lowest BCUT2D eigenvalue weighted by atomic mass is 9.96. The van der Waals surface area contributed by atoms with Gasteiger partial charge in [0.05, 0.1) is 26.3 Å². The molecule has 2 aliphatic rings. The monoisotopic (exact) mass is 413 g/mol. The first-order valence-corrected chi connectivity index (χ1v) is 11.0. The van der Waals surface area contributed by atoms with Crippen molar-refractivity contribution >= 4 is 5.91 Å². The van der Waals surface area contributed by atoms with E-state index in [4.69, 9.17) is 4.74 Å². The molecule has 0 saturated carbocycles. The molecule has 2 fully saturated rings. The van der Waals surface area contributed by atoms with Gasteiger partial charge >= 0.3 is 0 Å². The Bertz CT molecular complexity index is 792. The molecule has 30 heavy (non-hydrogen) atoms. The van der Waals surface area contributed by atoms with E-state index in [0.29, 0.717) is 25.6 Å². The highest BCUT2D eigenvalue weighted by Gasteiger charge is 2.26. The lowest BCUT2D eigenvalue weighted by molar-refractivity contribution is -0.135. The number of piperidine rings is 1. The minimum atomic E-state index is 0.202. The fraction of sp³-hybridized carbons (Fsp3) is 0.667. The van der Waals surface area contributed by atoms with E-state index in [1.54, 1.807) is 4.68 Å². The standard InChI is InChI=1S/C21H31N7O2/c29-21(9-12-28-20(23-24-25-28)17-26-13-15-30-16-14-26)27-11-4-2-6-19(27)8-7-18-5-1-3-10-22-18/h1,3,5,10,19H,2,4,6-9,11-17H2. The number of carbonyl (C=O) groups excluding carboxylic acids is 1. The summed E-state index contributed by atoms with van der Waals surface area (Å²) in [5, 5.41) is 12.1. The Morgan fingerprint density at radius 3 is 2.90 bits per heavy atom. The van der Waals surface area contributed by atoms with Crippen LogP contribution in [0.4, 0.5) is 0 Å². The number of rotatable bonds is 8. The summed E-state index contributed by atoms with van der Waals surface area (Å²) in [7, 11) is 0. The molecule has 0 radical (unpaired) electrons. The average molecular weight is 414 g/mol. The van der Waals surface area contributed by atoms with E-state index in [-0.39, 0.29) is 5.91 Å². The quantitative estimate of drug-likeness (QED) is 0.644. The van der Waals surface area contributed by atoms with Crippen molar-refractivity contribution in [2.45, 2.75) is 57.7 Å². The number of pyridine rings is 1. The van der Waals surface area contributed by atoms with E-state index in [1.807, 2.05) is 18.3 Å². The van der Waals surface area contributed by atoms with E-state index in [9.17, 15) is 4.79 Å². The number of likely N-dealkylation sites (tertiary alicyclic amines) is 1. The number of hydrogen-bond donors (Lipinski definition) is 0. The number of nitrogens with zero attached hydrogens (tertiary/aromatic N) is 7. The maximum absolute atomic E-state index is 13.0. The summed E-state index contributed by atoms with van der Waals surface area (Å²) in [6.45, 7) is 5.33. The summed E-state index contributed by atoms with van der Waals surface area (Å²) in [5.41, 5.74) is 1.09. The molecular formula is C21H31N7O2. The van der Waals surface area contributed by atoms with E-state index in [0.717, 1.165) is 70.0 Å². The van der Waals surface area contributed by atoms with Gasteiger partial charge in [-0.15, -0.1) is 5.10 Å². The Kier molecular flexibility index (Phi) is 7.36. The molecule has 0 N–H and O–H groups in total. The molecule has 162 valence electrons. The third kappa shape index (κ3) is 5.60. The van der Waals surface area contributed by atoms with E-state index in [2.05, 4.69) is 36.4 Å². The van der Waals surface area contributed by atoms with Crippen molar-refractivity contribution in [1.82, 2.24) is 35.0 Å². The first-order chi connectivity index (χ1) is 14.8. The van der Waals surface area contributed by atoms with Crippen molar-refractivity contribution in [2.75, 3.05) is 32.8 Å². The van der Waals surface area contributed by atoms with Crippen LogP contribution < -0.4 is 0 Å². The normalized spacial score (nSPS) is 20.4. The van der Waals surface area contributed by atoms with Gasteiger partial charge in [0.2, 0.25) is 5.91 Å². The minimum absolute atomic E-state index is 0.202. The zero-order valence-corrected chi connectivity index (χ0v) is 17.5. The fourth-order valence-electron chi connectivity index (χ4n) is 4.30. The van der Waals surface area contributed by atoms with Crippen LogP contribution in [0.5, 0.6) is 0 Å². The molecule has 0 aliphatic carbocycles. The maximum Gasteiger partial charge on any atom is 0.224 e. The lowest BCUT2D eigenvalue weighted by Gasteiger charge is -2.36. The van der Waals surface area contributed by atoms with Crippen molar-refractivity contribution in [3.05, 3.63) is 35.9 Å². The summed E-state index contributed by atoms with van der Waals surface area (Å²) in [4.78, 5) is 21.8. The van der Waals surface area contributed by atoms with Gasteiger partial charge in [-0.05, 0) is 54.7 Å². The SMILES string of the molecule is O=C(CCn1nnnc1CN1CCOCC1)N1CCCCC1CCc1ccccn1. The second kappa shape index (κ2) is 10.6. The van der Waals surface area contributed by atoms with Crippen molar-refractivity contribution in [1.29, 1.82) is 0 Å². The van der Waals surface area contributed by atoms with Crippen LogP contribution in [0.1, 0.15) is 43.6 Å². The topological polar surface area (TPSA) is 89.3 Å². The van der Waals surface area contributed by atoms with Gasteiger partial charge in [0.25, 0.3) is 0 Å². The first kappa shape index (κ1) is 20.9. The molecule has 2 saturated heterocycles. The highest BCUT2D eigenvalue weighted by molar-refractivity contribution is 5.76. The van der Waals surface area contributed by atoms with Crippen LogP contribution in [0.3, 0.4) is 0 Å². The molecule has 1 atom stereocenters. The number of tetrazole rings is 1. The molecule has 1 unspecified atom stereocenters. The molecule has 9 heteroatoms. The van der Waals surface area contributed by atoms with Gasteiger partial charge in [-0.2, -0.15) is 0 Å². The van der Waals surface area contributed by atoms with Crippen molar-refractivity contribution < 1.29 is 9.53 Å². The van der Waals surface area contributed by atoms with Gasteiger partial charge in [-0.3, -0.25) is 14.7 Å². The highest BCUT2D eigenvalue weighted by Crippen LogP contribution is 2.22. The van der Waals surface area contributed by atoms with Crippen molar-refractivity contribution in [3.63, 3.8) is 0 Å². The summed E-state index contributed by atoms with van der Waals surface area (Å²) in [6, 6.07) is 6.32. The second-order valence-electron chi connectivity index (χ2n) is 8.05. The summed E-state index contributed by atoms with van der Waals surface area (Å²) >= 11 is 0. The van der Waals surface area contributed by atoms with Gasteiger partial charge in [-0.1, -0.05) is 6.07 Å². The Labute approximate surface area is 177 Å². The van der Waals surface area contributed by atoms with Gasteiger partial charge < -0.3 is 9.64 Å². The number of aromatic nitrogens is 5. The number of hydrogen-bond acceptors (Lipinski definition) is 7. The Hall–Kier alpha value is -2.39. The molecule has 2 aliphatic heterocycles. The number of carbonyl (C=O) groups is 1. The summed E-state index contributed by atoms with van der Waals surface area (Å²) < 4.78 is 7.18. The molecular weight excluding hydrogens is 382 g/mol. The highest BCUT2D eigenvalue weighted by atomic mass is 16.5. The van der Waals surface area contributed by atoms with Crippen LogP contribution in [0.15, 0.2) is 24.4 Å². The summed E-state index contributed by atoms with van der Waals surface area (Å²) in [5.74, 6) is 1.02. The van der Waals surface area contributed by atoms with E-state index in [1.165, 1.54) is 6.42 Å². The zero-order chi connectivity index (χ0) is 20.6. The predicted molar refractivity (Wildman–Crippen MR) is 110 cm³/mol. The van der Waals surface area contributed by atoms with Crippen molar-refractivity contribution in [2.24, 2.45) is 0 Å². The zero-order valence-electron chi connectivity index (χ0n) is 17.5. The van der Waals surface area contributed by atoms with Gasteiger partial charge in [-0.25, -0.2) is 4.68 Å². The average Bonchev–Trinajstić information content (AvgIpc) is 3.24. The van der Waals surface area contributed by atoms with Crippen LogP contribution in [0.2, 0.25) is 0 Å². The Morgan fingerprint density at radius 2 is 2.07 bits per heavy atom. The van der Waals surface area contributed by atoms with Crippen LogP contribution in [0.25, 0.3) is 0 Å². The van der Waals surface area contributed by atoms with Crippen LogP contribution in [0, 0.1) is 0 Å². The van der Waals surface area contributed by atoms with E-state index < -0.39 is 0 Å². The molecule has 0 spiro atoms. The number of ether oxygens (including phenoxy) is 1. The van der Waals surface area contributed by atoms with Crippen LogP contribution >= 0.6 is 0 Å². The predicted octanol–water partition coefficient (Wildman–Crippen LogP) is 1.30. The molecule has 2 aromatic rings. The van der Waals surface area contributed by atoms with Crippen molar-refractivity contribution in [3.8, 4) is 0 Å². The Balaban J connectivity index is 1.29. The summed E-state index contributed by atoms with van der Waals surface area (Å²) in [6.07, 6.45) is 7.49. The molecule has 9 nitrogen and oxygen atoms in total. The molecule has 4 heterocycles. The first-order valence-electron chi connectivity index (χ1n) is 11.0. The smallest absolute Gasteiger partial charge is 0.224 e. The second-order valence-corrected chi connectivity index (χ2v) is 8.05. The molecule has 0 bridgehead atoms. The van der Waals surface area contributed by atoms with Gasteiger partial charge in [0, 0.05) is 44.0 Å². The number of morpholine rings is 1. The number of aryl methyl sites for hydroxylation is 2. The molecule has 2 aromatic heterocycles. The van der Waals surface area contributed by atoms with Gasteiger partial charge in [0.15, 0.2) is 5.82 Å². The number of amides is 1. The fourth-order valence-corrected chi connectivity index (χ4v) is 4.30. The van der Waals surface area contributed by atoms with Gasteiger partial charge in [0.1, 0.15) is 0 Å². The third-order valence-electron chi connectivity index (χ3n) is 6.02. The largest absolute Gasteiger partial charge is 0.379 e. The van der Waals surface area contributed by atoms with Crippen LogP contribution in [-0.4, -0.2) is 79.8 Å².